The van der Waals surface area contributed by atoms with E-state index in [2.05, 4.69) is 21.3 Å². The fourth-order valence-corrected chi connectivity index (χ4v) is 2.90. The van der Waals surface area contributed by atoms with Crippen molar-refractivity contribution >= 4 is 12.1 Å². The van der Waals surface area contributed by atoms with E-state index in [0.717, 1.165) is 22.3 Å². The molecule has 30 heavy (non-hydrogen) atoms. The summed E-state index contributed by atoms with van der Waals surface area (Å²) >= 11 is 0. The number of nitrogens with one attached hydrogen (secondary N) is 4. The average Bonchev–Trinajstić information content (AvgIpc) is 2.80. The van der Waals surface area contributed by atoms with Crippen LogP contribution < -0.4 is 21.3 Å². The second kappa shape index (κ2) is 11.3. The first-order valence-corrected chi connectivity index (χ1v) is 9.88. The Morgan fingerprint density at radius 2 is 0.800 bits per heavy atom. The van der Waals surface area contributed by atoms with E-state index >= 15 is 0 Å². The van der Waals surface area contributed by atoms with Gasteiger partial charge in [0, 0.05) is 26.2 Å². The monoisotopic (exact) mass is 402 g/mol. The van der Waals surface area contributed by atoms with Gasteiger partial charge in [0.1, 0.15) is 0 Å². The minimum absolute atomic E-state index is 0.220. The molecule has 154 valence electrons. The second-order valence-electron chi connectivity index (χ2n) is 6.86. The molecule has 4 amide bonds. The smallest absolute Gasteiger partial charge is 0.315 e. The van der Waals surface area contributed by atoms with Gasteiger partial charge in [-0.05, 0) is 22.3 Å². The molecule has 0 aliphatic heterocycles. The van der Waals surface area contributed by atoms with Crippen LogP contribution in [0.3, 0.4) is 0 Å². The van der Waals surface area contributed by atoms with E-state index in [9.17, 15) is 9.59 Å². The molecule has 0 atom stereocenters. The van der Waals surface area contributed by atoms with E-state index in [0.29, 0.717) is 26.2 Å². The third kappa shape index (κ3) is 7.31. The van der Waals surface area contributed by atoms with E-state index in [1.807, 2.05) is 84.9 Å². The number of urea groups is 2. The largest absolute Gasteiger partial charge is 0.334 e. The Morgan fingerprint density at radius 3 is 1.20 bits per heavy atom. The van der Waals surface area contributed by atoms with Gasteiger partial charge in [-0.1, -0.05) is 84.9 Å². The first-order valence-electron chi connectivity index (χ1n) is 9.88. The molecule has 0 spiro atoms. The lowest BCUT2D eigenvalue weighted by molar-refractivity contribution is 0.239. The van der Waals surface area contributed by atoms with Gasteiger partial charge >= 0.3 is 12.1 Å². The van der Waals surface area contributed by atoms with Crippen molar-refractivity contribution in [1.82, 2.24) is 21.3 Å². The zero-order valence-electron chi connectivity index (χ0n) is 16.7. The van der Waals surface area contributed by atoms with Crippen LogP contribution in [0.15, 0.2) is 84.9 Å². The van der Waals surface area contributed by atoms with Crippen molar-refractivity contribution in [3.05, 3.63) is 107 Å². The van der Waals surface area contributed by atoms with E-state index < -0.39 is 0 Å². The van der Waals surface area contributed by atoms with E-state index in [1.54, 1.807) is 0 Å². The fourth-order valence-electron chi connectivity index (χ4n) is 2.90. The molecule has 4 N–H and O–H groups in total. The van der Waals surface area contributed by atoms with Crippen molar-refractivity contribution < 1.29 is 9.59 Å². The van der Waals surface area contributed by atoms with Crippen LogP contribution in [0.2, 0.25) is 0 Å². The molecule has 0 aliphatic rings. The molecule has 3 aromatic carbocycles. The maximum absolute atomic E-state index is 12.0. The Hall–Kier alpha value is -3.80. The molecule has 6 heteroatoms. The highest BCUT2D eigenvalue weighted by atomic mass is 16.2. The summed E-state index contributed by atoms with van der Waals surface area (Å²) in [7, 11) is 0. The first-order chi connectivity index (χ1) is 14.7. The molecule has 0 heterocycles. The summed E-state index contributed by atoms with van der Waals surface area (Å²) in [6.45, 7) is 1.78. The highest BCUT2D eigenvalue weighted by molar-refractivity contribution is 5.74. The number of carbonyl (C=O) groups excluding carboxylic acids is 2. The molecule has 0 aromatic heterocycles. The van der Waals surface area contributed by atoms with Crippen LogP contribution in [0.5, 0.6) is 0 Å². The van der Waals surface area contributed by atoms with Gasteiger partial charge in [0.2, 0.25) is 0 Å². The van der Waals surface area contributed by atoms with Gasteiger partial charge in [0.05, 0.1) is 0 Å². The second-order valence-corrected chi connectivity index (χ2v) is 6.86. The Bertz CT molecular complexity index is 871. The number of hydrogen-bond donors (Lipinski definition) is 4. The number of rotatable bonds is 8. The topological polar surface area (TPSA) is 82.3 Å². The molecular formula is C24H26N4O2. The highest BCUT2D eigenvalue weighted by Gasteiger charge is 2.04. The van der Waals surface area contributed by atoms with Crippen LogP contribution in [0.25, 0.3) is 0 Å². The van der Waals surface area contributed by atoms with E-state index in [4.69, 9.17) is 0 Å². The normalized spacial score (nSPS) is 10.1. The lowest BCUT2D eigenvalue weighted by Crippen LogP contribution is -2.35. The van der Waals surface area contributed by atoms with Gasteiger partial charge in [-0.2, -0.15) is 0 Å². The molecule has 0 radical (unpaired) electrons. The lowest BCUT2D eigenvalue weighted by atomic mass is 10.1. The summed E-state index contributed by atoms with van der Waals surface area (Å²) in [6.07, 6.45) is 0. The standard InChI is InChI=1S/C24H26N4O2/c29-23(25-15-19-8-3-1-4-9-19)27-17-21-12-7-13-22(14-21)18-28-24(30)26-16-20-10-5-2-6-11-20/h1-14H,15-18H2,(H2,25,27,29)(H2,26,28,30). The van der Waals surface area contributed by atoms with Crippen LogP contribution in [0.4, 0.5) is 9.59 Å². The van der Waals surface area contributed by atoms with Crippen molar-refractivity contribution in [3.63, 3.8) is 0 Å². The van der Waals surface area contributed by atoms with Crippen molar-refractivity contribution in [3.8, 4) is 0 Å². The van der Waals surface area contributed by atoms with Gasteiger partial charge in [-0.3, -0.25) is 0 Å². The van der Waals surface area contributed by atoms with Crippen LogP contribution >= 0.6 is 0 Å². The summed E-state index contributed by atoms with van der Waals surface area (Å²) in [5.74, 6) is 0. The third-order valence-corrected chi connectivity index (χ3v) is 4.49. The minimum atomic E-state index is -0.220. The molecular weight excluding hydrogens is 376 g/mol. The quantitative estimate of drug-likeness (QED) is 0.464. The molecule has 0 bridgehead atoms. The summed E-state index contributed by atoms with van der Waals surface area (Å²) < 4.78 is 0. The maximum Gasteiger partial charge on any atom is 0.315 e. The Labute approximate surface area is 176 Å². The average molecular weight is 402 g/mol. The van der Waals surface area contributed by atoms with Crippen LogP contribution in [-0.2, 0) is 26.2 Å². The fraction of sp³-hybridized carbons (Fsp3) is 0.167. The molecule has 0 fully saturated rings. The zero-order chi connectivity index (χ0) is 21.0. The third-order valence-electron chi connectivity index (χ3n) is 4.49. The van der Waals surface area contributed by atoms with Gasteiger partial charge in [-0.15, -0.1) is 0 Å². The van der Waals surface area contributed by atoms with Crippen molar-refractivity contribution in [1.29, 1.82) is 0 Å². The minimum Gasteiger partial charge on any atom is -0.334 e. The van der Waals surface area contributed by atoms with Crippen LogP contribution in [0.1, 0.15) is 22.3 Å². The zero-order valence-corrected chi connectivity index (χ0v) is 16.7. The molecule has 3 rings (SSSR count). The van der Waals surface area contributed by atoms with Crippen LogP contribution in [0, 0.1) is 0 Å². The van der Waals surface area contributed by atoms with Crippen LogP contribution in [-0.4, -0.2) is 12.1 Å². The summed E-state index contributed by atoms with van der Waals surface area (Å²) in [5.41, 5.74) is 4.03. The molecule has 0 aliphatic carbocycles. The number of amides is 4. The van der Waals surface area contributed by atoms with Gasteiger partial charge < -0.3 is 21.3 Å². The maximum atomic E-state index is 12.0. The predicted octanol–water partition coefficient (Wildman–Crippen LogP) is 3.69. The summed E-state index contributed by atoms with van der Waals surface area (Å²) in [4.78, 5) is 24.0. The Morgan fingerprint density at radius 1 is 0.467 bits per heavy atom. The summed E-state index contributed by atoms with van der Waals surface area (Å²) in [5, 5.41) is 11.4. The van der Waals surface area contributed by atoms with Gasteiger partial charge in [-0.25, -0.2) is 9.59 Å². The molecule has 0 unspecified atom stereocenters. The van der Waals surface area contributed by atoms with Crippen molar-refractivity contribution in [2.24, 2.45) is 0 Å². The lowest BCUT2D eigenvalue weighted by Gasteiger charge is -2.10. The number of carbonyl (C=O) groups is 2. The predicted molar refractivity (Wildman–Crippen MR) is 117 cm³/mol. The Kier molecular flexibility index (Phi) is 7.85. The Balaban J connectivity index is 1.38. The first kappa shape index (κ1) is 20.9. The van der Waals surface area contributed by atoms with Crippen molar-refractivity contribution in [2.45, 2.75) is 26.2 Å². The molecule has 6 nitrogen and oxygen atoms in total. The highest BCUT2D eigenvalue weighted by Crippen LogP contribution is 2.05. The van der Waals surface area contributed by atoms with Crippen molar-refractivity contribution in [2.75, 3.05) is 0 Å². The van der Waals surface area contributed by atoms with E-state index in [1.165, 1.54) is 0 Å². The van der Waals surface area contributed by atoms with Gasteiger partial charge in [0.15, 0.2) is 0 Å². The SMILES string of the molecule is O=C(NCc1ccccc1)NCc1cccc(CNC(=O)NCc2ccccc2)c1. The number of hydrogen-bond acceptors (Lipinski definition) is 2. The number of benzene rings is 3. The molecule has 0 saturated carbocycles. The summed E-state index contributed by atoms with van der Waals surface area (Å²) in [6, 6.07) is 26.8. The van der Waals surface area contributed by atoms with E-state index in [-0.39, 0.29) is 12.1 Å². The van der Waals surface area contributed by atoms with Gasteiger partial charge in [0.25, 0.3) is 0 Å². The molecule has 3 aromatic rings. The molecule has 0 saturated heterocycles.